The maximum Gasteiger partial charge on any atom is 0.377 e. The van der Waals surface area contributed by atoms with Gasteiger partial charge in [-0.1, -0.05) is 0 Å². The van der Waals surface area contributed by atoms with E-state index in [0.29, 0.717) is 11.8 Å². The van der Waals surface area contributed by atoms with Crippen LogP contribution in [0.3, 0.4) is 0 Å². The average Bonchev–Trinajstić information content (AvgIpc) is 2.87. The van der Waals surface area contributed by atoms with E-state index in [2.05, 4.69) is 25.0 Å². The molecule has 0 aromatic carbocycles. The third kappa shape index (κ3) is 2.05. The first-order chi connectivity index (χ1) is 7.69. The first kappa shape index (κ1) is 10.3. The lowest BCUT2D eigenvalue weighted by Gasteiger charge is -1.93. The Kier molecular flexibility index (Phi) is 2.63. The monoisotopic (exact) mass is 223 g/mol. The molecule has 0 fully saturated rings. The predicted octanol–water partition coefficient (Wildman–Crippen LogP) is -0.196. The van der Waals surface area contributed by atoms with Crippen LogP contribution in [0.25, 0.3) is 0 Å². The maximum absolute atomic E-state index is 11.1. The molecule has 2 aromatic rings. The number of ether oxygens (including phenoxy) is 1. The molecule has 0 aliphatic rings. The van der Waals surface area contributed by atoms with Gasteiger partial charge >= 0.3 is 5.97 Å². The first-order valence-corrected chi connectivity index (χ1v) is 4.46. The van der Waals surface area contributed by atoms with E-state index >= 15 is 0 Å². The minimum atomic E-state index is -0.583. The first-order valence-electron chi connectivity index (χ1n) is 4.46. The van der Waals surface area contributed by atoms with Crippen LogP contribution in [0.15, 0.2) is 10.7 Å². The second kappa shape index (κ2) is 4.09. The highest BCUT2D eigenvalue weighted by Crippen LogP contribution is 2.00. The number of aryl methyl sites for hydroxylation is 1. The van der Waals surface area contributed by atoms with Crippen molar-refractivity contribution in [2.45, 2.75) is 13.5 Å². The van der Waals surface area contributed by atoms with E-state index in [1.54, 1.807) is 6.92 Å². The Labute approximate surface area is 90.3 Å². The van der Waals surface area contributed by atoms with Crippen molar-refractivity contribution < 1.29 is 13.9 Å². The maximum atomic E-state index is 11.1. The Bertz CT molecular complexity index is 503. The summed E-state index contributed by atoms with van der Waals surface area (Å²) in [4.78, 5) is 14.8. The zero-order valence-corrected chi connectivity index (χ0v) is 8.75. The molecule has 0 unspecified atom stereocenters. The van der Waals surface area contributed by atoms with Gasteiger partial charge in [0.05, 0.1) is 7.11 Å². The van der Waals surface area contributed by atoms with Crippen LogP contribution in [0.1, 0.15) is 22.4 Å². The van der Waals surface area contributed by atoms with E-state index in [-0.39, 0.29) is 12.4 Å². The summed E-state index contributed by atoms with van der Waals surface area (Å²) in [5.41, 5.74) is 0. The average molecular weight is 223 g/mol. The molecule has 0 spiro atoms. The van der Waals surface area contributed by atoms with Crippen molar-refractivity contribution in [3.8, 4) is 0 Å². The lowest BCUT2D eigenvalue weighted by molar-refractivity contribution is 0.0586. The molecule has 0 saturated carbocycles. The Morgan fingerprint density at radius 1 is 1.56 bits per heavy atom. The lowest BCUT2D eigenvalue weighted by atomic mass is 10.6. The van der Waals surface area contributed by atoms with Crippen LogP contribution >= 0.6 is 0 Å². The minimum Gasteiger partial charge on any atom is -0.463 e. The topological polar surface area (TPSA) is 95.9 Å². The quantitative estimate of drug-likeness (QED) is 0.665. The summed E-state index contributed by atoms with van der Waals surface area (Å²) < 4.78 is 11.0. The molecule has 84 valence electrons. The van der Waals surface area contributed by atoms with Gasteiger partial charge in [0.2, 0.25) is 11.8 Å². The molecule has 2 aromatic heterocycles. The van der Waals surface area contributed by atoms with Gasteiger partial charge in [-0.05, 0) is 0 Å². The van der Waals surface area contributed by atoms with E-state index in [0.717, 1.165) is 0 Å². The van der Waals surface area contributed by atoms with Crippen LogP contribution in [0.5, 0.6) is 0 Å². The molecule has 2 rings (SSSR count). The van der Waals surface area contributed by atoms with E-state index < -0.39 is 5.97 Å². The van der Waals surface area contributed by atoms with Gasteiger partial charge in [-0.2, -0.15) is 0 Å². The number of nitrogens with zero attached hydrogens (tertiary/aromatic N) is 5. The summed E-state index contributed by atoms with van der Waals surface area (Å²) in [6.45, 7) is 1.96. The largest absolute Gasteiger partial charge is 0.463 e. The van der Waals surface area contributed by atoms with E-state index in [4.69, 9.17) is 4.42 Å². The summed E-state index contributed by atoms with van der Waals surface area (Å²) in [5, 5.41) is 11.4. The van der Waals surface area contributed by atoms with Gasteiger partial charge in [0, 0.05) is 6.92 Å². The van der Waals surface area contributed by atoms with Crippen molar-refractivity contribution in [3.63, 3.8) is 0 Å². The fourth-order valence-corrected chi connectivity index (χ4v) is 1.10. The number of rotatable bonds is 3. The fraction of sp³-hybridized carbons (Fsp3) is 0.375. The molecular formula is C8H9N5O3. The normalized spacial score (nSPS) is 10.4. The number of esters is 1. The number of hydrogen-bond acceptors (Lipinski definition) is 7. The SMILES string of the molecule is COC(=O)c1ncn(Cc2nnc(C)o2)n1. The second-order valence-electron chi connectivity index (χ2n) is 2.97. The smallest absolute Gasteiger partial charge is 0.377 e. The fourth-order valence-electron chi connectivity index (χ4n) is 1.10. The van der Waals surface area contributed by atoms with Crippen LogP contribution < -0.4 is 0 Å². The number of carbonyl (C=O) groups is 1. The molecule has 0 amide bonds. The molecule has 0 atom stereocenters. The molecule has 16 heavy (non-hydrogen) atoms. The zero-order chi connectivity index (χ0) is 11.5. The van der Waals surface area contributed by atoms with Crippen molar-refractivity contribution >= 4 is 5.97 Å². The van der Waals surface area contributed by atoms with Crippen LogP contribution in [-0.4, -0.2) is 38.0 Å². The van der Waals surface area contributed by atoms with E-state index in [9.17, 15) is 4.79 Å². The van der Waals surface area contributed by atoms with E-state index in [1.807, 2.05) is 0 Å². The molecule has 8 heteroatoms. The zero-order valence-electron chi connectivity index (χ0n) is 8.75. The number of carbonyl (C=O) groups excluding carboxylic acids is 1. The van der Waals surface area contributed by atoms with Crippen molar-refractivity contribution in [3.05, 3.63) is 23.9 Å². The van der Waals surface area contributed by atoms with Crippen molar-refractivity contribution in [1.82, 2.24) is 25.0 Å². The van der Waals surface area contributed by atoms with Crippen LogP contribution in [0, 0.1) is 6.92 Å². The van der Waals surface area contributed by atoms with Crippen LogP contribution in [-0.2, 0) is 11.3 Å². The van der Waals surface area contributed by atoms with Gasteiger partial charge in [0.1, 0.15) is 12.9 Å². The molecule has 0 N–H and O–H groups in total. The standard InChI is InChI=1S/C8H9N5O3/c1-5-10-11-6(16-5)3-13-4-9-7(12-13)8(14)15-2/h4H,3H2,1-2H3. The third-order valence-corrected chi connectivity index (χ3v) is 1.77. The number of methoxy groups -OCH3 is 1. The Hall–Kier alpha value is -2.25. The summed E-state index contributed by atoms with van der Waals surface area (Å²) in [5.74, 6) is 0.293. The van der Waals surface area contributed by atoms with E-state index in [1.165, 1.54) is 18.1 Å². The molecule has 0 saturated heterocycles. The molecule has 2 heterocycles. The molecule has 8 nitrogen and oxygen atoms in total. The molecule has 0 aliphatic heterocycles. The summed E-state index contributed by atoms with van der Waals surface area (Å²) in [7, 11) is 1.27. The highest BCUT2D eigenvalue weighted by Gasteiger charge is 2.12. The van der Waals surface area contributed by atoms with Crippen molar-refractivity contribution in [1.29, 1.82) is 0 Å². The van der Waals surface area contributed by atoms with Gasteiger partial charge < -0.3 is 9.15 Å². The Morgan fingerprint density at radius 2 is 2.38 bits per heavy atom. The number of hydrogen-bond donors (Lipinski definition) is 0. The van der Waals surface area contributed by atoms with Gasteiger partial charge in [0.25, 0.3) is 5.82 Å². The summed E-state index contributed by atoms with van der Waals surface area (Å²) in [6.07, 6.45) is 1.39. The van der Waals surface area contributed by atoms with Crippen LogP contribution in [0.2, 0.25) is 0 Å². The van der Waals surface area contributed by atoms with Crippen molar-refractivity contribution in [2.24, 2.45) is 0 Å². The van der Waals surface area contributed by atoms with Gasteiger partial charge in [0.15, 0.2) is 0 Å². The van der Waals surface area contributed by atoms with Crippen LogP contribution in [0.4, 0.5) is 0 Å². The Morgan fingerprint density at radius 3 is 3.00 bits per heavy atom. The molecule has 0 aliphatic carbocycles. The molecule has 0 bridgehead atoms. The van der Waals surface area contributed by atoms with Gasteiger partial charge in [-0.3, -0.25) is 0 Å². The second-order valence-corrected chi connectivity index (χ2v) is 2.97. The van der Waals surface area contributed by atoms with Gasteiger partial charge in [-0.25, -0.2) is 14.5 Å². The minimum absolute atomic E-state index is 0.00117. The molecule has 0 radical (unpaired) electrons. The Balaban J connectivity index is 2.11. The van der Waals surface area contributed by atoms with Gasteiger partial charge in [-0.15, -0.1) is 15.3 Å². The highest BCUT2D eigenvalue weighted by atomic mass is 16.5. The predicted molar refractivity (Wildman–Crippen MR) is 49.5 cm³/mol. The van der Waals surface area contributed by atoms with Crippen molar-refractivity contribution in [2.75, 3.05) is 7.11 Å². The highest BCUT2D eigenvalue weighted by molar-refractivity contribution is 5.84. The summed E-state index contributed by atoms with van der Waals surface area (Å²) in [6, 6.07) is 0. The summed E-state index contributed by atoms with van der Waals surface area (Å²) >= 11 is 0. The number of aromatic nitrogens is 5. The molecular weight excluding hydrogens is 214 g/mol. The third-order valence-electron chi connectivity index (χ3n) is 1.77. The lowest BCUT2D eigenvalue weighted by Crippen LogP contribution is -2.06.